The molecule has 2 saturated heterocycles. The zero-order chi connectivity index (χ0) is 17.2. The van der Waals surface area contributed by atoms with E-state index in [9.17, 15) is 9.59 Å². The lowest BCUT2D eigenvalue weighted by Gasteiger charge is -2.20. The van der Waals surface area contributed by atoms with Crippen molar-refractivity contribution < 1.29 is 9.59 Å². The van der Waals surface area contributed by atoms with E-state index in [1.807, 2.05) is 18.2 Å². The van der Waals surface area contributed by atoms with Crippen LogP contribution in [0.15, 0.2) is 36.5 Å². The number of nitrogens with one attached hydrogen (secondary N) is 1. The fourth-order valence-electron chi connectivity index (χ4n) is 3.73. The normalized spacial score (nSPS) is 21.2. The summed E-state index contributed by atoms with van der Waals surface area (Å²) in [6.45, 7) is 2.59. The highest BCUT2D eigenvalue weighted by Crippen LogP contribution is 2.24. The van der Waals surface area contributed by atoms with Gasteiger partial charge in [0.1, 0.15) is 0 Å². The summed E-state index contributed by atoms with van der Waals surface area (Å²) in [6, 6.07) is 10.4. The van der Waals surface area contributed by atoms with Gasteiger partial charge in [-0.2, -0.15) is 0 Å². The quantitative estimate of drug-likeness (QED) is 0.922. The van der Waals surface area contributed by atoms with Gasteiger partial charge in [-0.15, -0.1) is 0 Å². The van der Waals surface area contributed by atoms with Gasteiger partial charge in [0, 0.05) is 49.4 Å². The first-order valence-corrected chi connectivity index (χ1v) is 8.86. The van der Waals surface area contributed by atoms with E-state index < -0.39 is 0 Å². The Hall–Kier alpha value is -2.47. The van der Waals surface area contributed by atoms with E-state index in [2.05, 4.69) is 27.3 Å². The Bertz CT molecular complexity index is 802. The number of aromatic nitrogens is 1. The van der Waals surface area contributed by atoms with E-state index in [1.54, 1.807) is 6.20 Å². The maximum atomic E-state index is 12.3. The maximum absolute atomic E-state index is 12.3. The van der Waals surface area contributed by atoms with Gasteiger partial charge < -0.3 is 5.32 Å². The minimum atomic E-state index is -0.0579. The molecule has 4 rings (SSSR count). The van der Waals surface area contributed by atoms with E-state index in [1.165, 1.54) is 4.90 Å². The first kappa shape index (κ1) is 16.0. The standard InChI is InChI=1S/C19H22N4O2/c24-18-7-3-10-23(18)19(25)13-22-11-8-14(12-22)21-17-6-1-5-16-15(17)4-2-9-20-16/h1-2,4-6,9,14,21H,3,7-8,10-13H2. The largest absolute Gasteiger partial charge is 0.380 e. The highest BCUT2D eigenvalue weighted by molar-refractivity contribution is 5.97. The number of carbonyl (C=O) groups is 2. The van der Waals surface area contributed by atoms with Crippen molar-refractivity contribution in [3.05, 3.63) is 36.5 Å². The Balaban J connectivity index is 1.37. The molecule has 0 spiro atoms. The molecule has 1 unspecified atom stereocenters. The number of pyridine rings is 1. The van der Waals surface area contributed by atoms with Gasteiger partial charge in [0.25, 0.3) is 0 Å². The van der Waals surface area contributed by atoms with Crippen LogP contribution in [0.2, 0.25) is 0 Å². The highest BCUT2D eigenvalue weighted by atomic mass is 16.2. The van der Waals surface area contributed by atoms with Crippen LogP contribution in [0.5, 0.6) is 0 Å². The predicted molar refractivity (Wildman–Crippen MR) is 96.2 cm³/mol. The Labute approximate surface area is 146 Å². The lowest BCUT2D eigenvalue weighted by molar-refractivity contribution is -0.142. The molecule has 0 radical (unpaired) electrons. The smallest absolute Gasteiger partial charge is 0.243 e. The van der Waals surface area contributed by atoms with E-state index in [-0.39, 0.29) is 11.8 Å². The van der Waals surface area contributed by atoms with E-state index in [0.717, 1.165) is 42.5 Å². The molecule has 25 heavy (non-hydrogen) atoms. The molecule has 130 valence electrons. The molecule has 0 bridgehead atoms. The minimum absolute atomic E-state index is 0.0258. The number of hydrogen-bond acceptors (Lipinski definition) is 5. The lowest BCUT2D eigenvalue weighted by Crippen LogP contribution is -2.40. The molecule has 1 aromatic carbocycles. The van der Waals surface area contributed by atoms with Crippen LogP contribution < -0.4 is 5.32 Å². The SMILES string of the molecule is O=C1CCCN1C(=O)CN1CCC(Nc2cccc3ncccc23)C1. The van der Waals surface area contributed by atoms with Gasteiger partial charge in [-0.3, -0.25) is 24.4 Å². The van der Waals surface area contributed by atoms with E-state index in [0.29, 0.717) is 25.6 Å². The van der Waals surface area contributed by atoms with Crippen LogP contribution in [-0.2, 0) is 9.59 Å². The van der Waals surface area contributed by atoms with Crippen molar-refractivity contribution in [1.82, 2.24) is 14.8 Å². The number of hydrogen-bond donors (Lipinski definition) is 1. The molecule has 0 saturated carbocycles. The van der Waals surface area contributed by atoms with Crippen LogP contribution in [0.25, 0.3) is 10.9 Å². The van der Waals surface area contributed by atoms with Gasteiger partial charge in [-0.05, 0) is 37.1 Å². The zero-order valence-electron chi connectivity index (χ0n) is 14.1. The third-order valence-corrected chi connectivity index (χ3v) is 5.01. The minimum Gasteiger partial charge on any atom is -0.380 e. The van der Waals surface area contributed by atoms with Crippen molar-refractivity contribution in [3.63, 3.8) is 0 Å². The number of fused-ring (bicyclic) bond motifs is 1. The monoisotopic (exact) mass is 338 g/mol. The molecule has 2 aliphatic rings. The van der Waals surface area contributed by atoms with Crippen molar-refractivity contribution in [1.29, 1.82) is 0 Å². The summed E-state index contributed by atoms with van der Waals surface area (Å²) in [7, 11) is 0. The number of likely N-dealkylation sites (tertiary alicyclic amines) is 2. The summed E-state index contributed by atoms with van der Waals surface area (Å²) in [6.07, 6.45) is 4.08. The number of benzene rings is 1. The fourth-order valence-corrected chi connectivity index (χ4v) is 3.73. The summed E-state index contributed by atoms with van der Waals surface area (Å²) in [5.74, 6) is -0.0837. The average molecular weight is 338 g/mol. The summed E-state index contributed by atoms with van der Waals surface area (Å²) in [5, 5.41) is 4.71. The summed E-state index contributed by atoms with van der Waals surface area (Å²) >= 11 is 0. The number of anilines is 1. The molecule has 2 aliphatic heterocycles. The number of carbonyl (C=O) groups excluding carboxylic acids is 2. The molecular weight excluding hydrogens is 316 g/mol. The molecule has 6 nitrogen and oxygen atoms in total. The summed E-state index contributed by atoms with van der Waals surface area (Å²) in [5.41, 5.74) is 2.06. The van der Waals surface area contributed by atoms with Crippen molar-refractivity contribution in [2.75, 3.05) is 31.5 Å². The first-order valence-electron chi connectivity index (χ1n) is 8.86. The number of nitrogens with zero attached hydrogens (tertiary/aromatic N) is 3. The van der Waals surface area contributed by atoms with Crippen LogP contribution in [0, 0.1) is 0 Å². The Morgan fingerprint density at radius 1 is 1.24 bits per heavy atom. The number of imide groups is 1. The van der Waals surface area contributed by atoms with Gasteiger partial charge in [0.2, 0.25) is 11.8 Å². The van der Waals surface area contributed by atoms with Crippen molar-refractivity contribution in [3.8, 4) is 0 Å². The molecule has 1 atom stereocenters. The highest BCUT2D eigenvalue weighted by Gasteiger charge is 2.30. The third-order valence-electron chi connectivity index (χ3n) is 5.01. The number of rotatable bonds is 4. The van der Waals surface area contributed by atoms with Crippen LogP contribution in [0.1, 0.15) is 19.3 Å². The van der Waals surface area contributed by atoms with Crippen molar-refractivity contribution in [2.45, 2.75) is 25.3 Å². The van der Waals surface area contributed by atoms with Crippen LogP contribution >= 0.6 is 0 Å². The molecule has 2 aromatic rings. The van der Waals surface area contributed by atoms with Gasteiger partial charge in [0.05, 0.1) is 12.1 Å². The Kier molecular flexibility index (Phi) is 4.36. The Morgan fingerprint density at radius 3 is 3.00 bits per heavy atom. The molecule has 3 heterocycles. The lowest BCUT2D eigenvalue weighted by atomic mass is 10.1. The number of amides is 2. The first-order chi connectivity index (χ1) is 12.2. The predicted octanol–water partition coefficient (Wildman–Crippen LogP) is 1.87. The second-order valence-electron chi connectivity index (χ2n) is 6.78. The molecule has 1 aromatic heterocycles. The van der Waals surface area contributed by atoms with E-state index in [4.69, 9.17) is 0 Å². The van der Waals surface area contributed by atoms with Crippen LogP contribution in [-0.4, -0.2) is 58.8 Å². The fraction of sp³-hybridized carbons (Fsp3) is 0.421. The van der Waals surface area contributed by atoms with E-state index >= 15 is 0 Å². The van der Waals surface area contributed by atoms with Crippen LogP contribution in [0.4, 0.5) is 5.69 Å². The van der Waals surface area contributed by atoms with Gasteiger partial charge in [-0.25, -0.2) is 0 Å². The second kappa shape index (κ2) is 6.80. The average Bonchev–Trinajstić information content (AvgIpc) is 3.24. The van der Waals surface area contributed by atoms with Gasteiger partial charge in [-0.1, -0.05) is 6.07 Å². The molecule has 1 N–H and O–H groups in total. The van der Waals surface area contributed by atoms with Crippen molar-refractivity contribution >= 4 is 28.4 Å². The molecule has 2 amide bonds. The summed E-state index contributed by atoms with van der Waals surface area (Å²) < 4.78 is 0. The molecule has 0 aliphatic carbocycles. The molecule has 2 fully saturated rings. The third kappa shape index (κ3) is 3.35. The Morgan fingerprint density at radius 2 is 2.16 bits per heavy atom. The zero-order valence-corrected chi connectivity index (χ0v) is 14.1. The van der Waals surface area contributed by atoms with Crippen LogP contribution in [0.3, 0.4) is 0 Å². The topological polar surface area (TPSA) is 65.5 Å². The summed E-state index contributed by atoms with van der Waals surface area (Å²) in [4.78, 5) is 31.9. The van der Waals surface area contributed by atoms with Crippen molar-refractivity contribution in [2.24, 2.45) is 0 Å². The molecule has 6 heteroatoms. The van der Waals surface area contributed by atoms with Gasteiger partial charge >= 0.3 is 0 Å². The maximum Gasteiger partial charge on any atom is 0.243 e. The molecular formula is C19H22N4O2. The second-order valence-corrected chi connectivity index (χ2v) is 6.78. The van der Waals surface area contributed by atoms with Gasteiger partial charge in [0.15, 0.2) is 0 Å².